The number of hydrogen-bond donors (Lipinski definition) is 1. The normalized spacial score (nSPS) is 10.8. The number of esters is 1. The lowest BCUT2D eigenvalue weighted by Gasteiger charge is -2.06. The van der Waals surface area contributed by atoms with Crippen LogP contribution in [0, 0.1) is 0 Å². The highest BCUT2D eigenvalue weighted by Crippen LogP contribution is 2.22. The molecule has 6 heteroatoms. The summed E-state index contributed by atoms with van der Waals surface area (Å²) < 4.78 is 16.1. The summed E-state index contributed by atoms with van der Waals surface area (Å²) in [6, 6.07) is 18.6. The topological polar surface area (TPSA) is 73.1 Å². The molecule has 6 nitrogen and oxygen atoms in total. The van der Waals surface area contributed by atoms with Crippen molar-refractivity contribution in [2.75, 3.05) is 13.7 Å². The molecule has 0 amide bonds. The molecule has 0 bridgehead atoms. The van der Waals surface area contributed by atoms with E-state index in [-0.39, 0.29) is 5.97 Å². The van der Waals surface area contributed by atoms with Gasteiger partial charge in [0, 0.05) is 11.1 Å². The molecule has 1 N–H and O–H groups in total. The van der Waals surface area contributed by atoms with E-state index in [9.17, 15) is 4.79 Å². The van der Waals surface area contributed by atoms with E-state index >= 15 is 0 Å². The Labute approximate surface area is 163 Å². The van der Waals surface area contributed by atoms with Crippen LogP contribution in [0.3, 0.4) is 0 Å². The van der Waals surface area contributed by atoms with Crippen molar-refractivity contribution in [3.63, 3.8) is 0 Å². The first-order chi connectivity index (χ1) is 13.7. The quantitative estimate of drug-likeness (QED) is 0.360. The van der Waals surface area contributed by atoms with Crippen LogP contribution in [0.5, 0.6) is 5.75 Å². The number of hydrazone groups is 1. The molecule has 0 saturated carbocycles. The lowest BCUT2D eigenvalue weighted by atomic mass is 10.1. The summed E-state index contributed by atoms with van der Waals surface area (Å²) in [4.78, 5) is 11.7. The van der Waals surface area contributed by atoms with Crippen LogP contribution in [-0.2, 0) is 11.3 Å². The fourth-order valence-corrected chi connectivity index (χ4v) is 2.65. The first kappa shape index (κ1) is 19.2. The Morgan fingerprint density at radius 3 is 2.64 bits per heavy atom. The SMILES string of the molecule is CCOC(=O)c1ccc(-c2ccc(/C=N\NCc3ccccc3OC)o2)cc1. The van der Waals surface area contributed by atoms with E-state index in [0.717, 1.165) is 16.9 Å². The summed E-state index contributed by atoms with van der Waals surface area (Å²) in [6.07, 6.45) is 1.62. The standard InChI is InChI=1S/C22H22N2O4/c1-3-27-22(25)17-10-8-16(9-11-17)21-13-12-19(28-21)15-24-23-14-18-6-4-5-7-20(18)26-2/h4-13,15,23H,3,14H2,1-2H3/b24-15-. The summed E-state index contributed by atoms with van der Waals surface area (Å²) >= 11 is 0. The van der Waals surface area contributed by atoms with Crippen LogP contribution in [0.1, 0.15) is 28.6 Å². The molecule has 3 aromatic rings. The van der Waals surface area contributed by atoms with E-state index in [4.69, 9.17) is 13.9 Å². The predicted molar refractivity (Wildman–Crippen MR) is 108 cm³/mol. The van der Waals surface area contributed by atoms with Crippen molar-refractivity contribution in [1.82, 2.24) is 5.43 Å². The van der Waals surface area contributed by atoms with Crippen molar-refractivity contribution < 1.29 is 18.7 Å². The molecule has 0 radical (unpaired) electrons. The van der Waals surface area contributed by atoms with Crippen molar-refractivity contribution in [2.24, 2.45) is 5.10 Å². The monoisotopic (exact) mass is 378 g/mol. The van der Waals surface area contributed by atoms with Gasteiger partial charge in [0.25, 0.3) is 0 Å². The number of rotatable bonds is 8. The molecule has 0 spiro atoms. The second kappa shape index (κ2) is 9.41. The van der Waals surface area contributed by atoms with E-state index in [1.807, 2.05) is 48.5 Å². The molecule has 2 aromatic carbocycles. The van der Waals surface area contributed by atoms with Crippen LogP contribution in [-0.4, -0.2) is 25.9 Å². The van der Waals surface area contributed by atoms with E-state index in [0.29, 0.717) is 30.2 Å². The van der Waals surface area contributed by atoms with Crippen molar-refractivity contribution in [2.45, 2.75) is 13.5 Å². The van der Waals surface area contributed by atoms with Gasteiger partial charge < -0.3 is 19.3 Å². The molecule has 1 heterocycles. The molecule has 3 rings (SSSR count). The number of carbonyl (C=O) groups is 1. The maximum Gasteiger partial charge on any atom is 0.338 e. The molecular formula is C22H22N2O4. The summed E-state index contributed by atoms with van der Waals surface area (Å²) in [7, 11) is 1.64. The fourth-order valence-electron chi connectivity index (χ4n) is 2.65. The molecule has 0 aliphatic heterocycles. The van der Waals surface area contributed by atoms with Crippen LogP contribution in [0.15, 0.2) is 70.2 Å². The third-order valence-corrected chi connectivity index (χ3v) is 4.05. The van der Waals surface area contributed by atoms with Gasteiger partial charge in [0.2, 0.25) is 0 Å². The summed E-state index contributed by atoms with van der Waals surface area (Å²) in [5, 5.41) is 4.19. The van der Waals surface area contributed by atoms with E-state index in [1.54, 1.807) is 32.4 Å². The first-order valence-corrected chi connectivity index (χ1v) is 8.96. The van der Waals surface area contributed by atoms with Crippen LogP contribution in [0.4, 0.5) is 0 Å². The number of para-hydroxylation sites is 1. The van der Waals surface area contributed by atoms with Crippen molar-refractivity contribution in [3.05, 3.63) is 77.6 Å². The minimum atomic E-state index is -0.331. The number of nitrogens with zero attached hydrogens (tertiary/aromatic N) is 1. The van der Waals surface area contributed by atoms with Gasteiger partial charge in [-0.05, 0) is 37.3 Å². The Hall–Kier alpha value is -3.54. The molecule has 0 atom stereocenters. The number of ether oxygens (including phenoxy) is 2. The van der Waals surface area contributed by atoms with Gasteiger partial charge in [0.15, 0.2) is 0 Å². The summed E-state index contributed by atoms with van der Waals surface area (Å²) in [5.41, 5.74) is 5.38. The second-order valence-electron chi connectivity index (χ2n) is 5.90. The first-order valence-electron chi connectivity index (χ1n) is 8.96. The molecule has 0 aliphatic rings. The van der Waals surface area contributed by atoms with Gasteiger partial charge in [-0.15, -0.1) is 0 Å². The van der Waals surface area contributed by atoms with Crippen LogP contribution in [0.25, 0.3) is 11.3 Å². The minimum absolute atomic E-state index is 0.331. The van der Waals surface area contributed by atoms with Gasteiger partial charge in [-0.1, -0.05) is 30.3 Å². The zero-order chi connectivity index (χ0) is 19.8. The van der Waals surface area contributed by atoms with Crippen molar-refractivity contribution in [1.29, 1.82) is 0 Å². The molecule has 28 heavy (non-hydrogen) atoms. The number of furan rings is 1. The minimum Gasteiger partial charge on any atom is -0.496 e. The average molecular weight is 378 g/mol. The molecule has 0 saturated heterocycles. The molecule has 1 aromatic heterocycles. The van der Waals surface area contributed by atoms with E-state index in [1.165, 1.54) is 0 Å². The largest absolute Gasteiger partial charge is 0.496 e. The zero-order valence-corrected chi connectivity index (χ0v) is 15.8. The molecule has 144 valence electrons. The lowest BCUT2D eigenvalue weighted by Crippen LogP contribution is -2.06. The maximum absolute atomic E-state index is 11.7. The smallest absolute Gasteiger partial charge is 0.338 e. The third kappa shape index (κ3) is 4.79. The Morgan fingerprint density at radius 2 is 1.89 bits per heavy atom. The van der Waals surface area contributed by atoms with Gasteiger partial charge in [-0.2, -0.15) is 5.10 Å². The summed E-state index contributed by atoms with van der Waals surface area (Å²) in [6.45, 7) is 2.68. The Balaban J connectivity index is 1.59. The number of carbonyl (C=O) groups excluding carboxylic acids is 1. The predicted octanol–water partition coefficient (Wildman–Crippen LogP) is 4.26. The fraction of sp³-hybridized carbons (Fsp3) is 0.182. The van der Waals surface area contributed by atoms with Crippen LogP contribution >= 0.6 is 0 Å². The van der Waals surface area contributed by atoms with E-state index in [2.05, 4.69) is 10.5 Å². The molecule has 0 aliphatic carbocycles. The van der Waals surface area contributed by atoms with Gasteiger partial charge in [0.05, 0.1) is 32.0 Å². The lowest BCUT2D eigenvalue weighted by molar-refractivity contribution is 0.0526. The number of nitrogens with one attached hydrogen (secondary N) is 1. The van der Waals surface area contributed by atoms with Gasteiger partial charge >= 0.3 is 5.97 Å². The molecule has 0 fully saturated rings. The highest BCUT2D eigenvalue weighted by atomic mass is 16.5. The highest BCUT2D eigenvalue weighted by molar-refractivity contribution is 5.90. The number of methoxy groups -OCH3 is 1. The highest BCUT2D eigenvalue weighted by Gasteiger charge is 2.08. The zero-order valence-electron chi connectivity index (χ0n) is 15.8. The number of benzene rings is 2. The van der Waals surface area contributed by atoms with Crippen molar-refractivity contribution in [3.8, 4) is 17.1 Å². The molecular weight excluding hydrogens is 356 g/mol. The average Bonchev–Trinajstić information content (AvgIpc) is 3.21. The van der Waals surface area contributed by atoms with Gasteiger partial charge in [-0.25, -0.2) is 4.79 Å². The third-order valence-electron chi connectivity index (χ3n) is 4.05. The van der Waals surface area contributed by atoms with E-state index < -0.39 is 0 Å². The summed E-state index contributed by atoms with van der Waals surface area (Å²) in [5.74, 6) is 1.80. The van der Waals surface area contributed by atoms with Crippen molar-refractivity contribution >= 4 is 12.2 Å². The van der Waals surface area contributed by atoms with Gasteiger partial charge in [-0.3, -0.25) is 0 Å². The maximum atomic E-state index is 11.7. The van der Waals surface area contributed by atoms with Crippen LogP contribution < -0.4 is 10.2 Å². The Morgan fingerprint density at radius 1 is 1.11 bits per heavy atom. The molecule has 0 unspecified atom stereocenters. The second-order valence-corrected chi connectivity index (χ2v) is 5.90. The van der Waals surface area contributed by atoms with Crippen LogP contribution in [0.2, 0.25) is 0 Å². The van der Waals surface area contributed by atoms with Gasteiger partial charge in [0.1, 0.15) is 17.3 Å². The number of hydrogen-bond acceptors (Lipinski definition) is 6. The Bertz CT molecular complexity index is 945. The Kier molecular flexibility index (Phi) is 6.46.